The number of carbonyl (C=O) groups excluding carboxylic acids is 1. The average molecular weight is 361 g/mol. The third kappa shape index (κ3) is 3.05. The lowest BCUT2D eigenvalue weighted by Gasteiger charge is -2.09. The lowest BCUT2D eigenvalue weighted by atomic mass is 10.1. The van der Waals surface area contributed by atoms with Crippen molar-refractivity contribution in [2.45, 2.75) is 6.92 Å². The number of benzene rings is 1. The number of hydrogen-bond acceptors (Lipinski definition) is 3. The minimum absolute atomic E-state index is 0.0946. The van der Waals surface area contributed by atoms with Gasteiger partial charge in [-0.25, -0.2) is 9.97 Å². The molecule has 0 saturated carbocycles. The number of hydrogen-bond donors (Lipinski definition) is 1. The maximum absolute atomic E-state index is 12.2. The van der Waals surface area contributed by atoms with Gasteiger partial charge in [0.05, 0.1) is 5.56 Å². The van der Waals surface area contributed by atoms with Gasteiger partial charge < -0.3 is 5.32 Å². The number of aromatic nitrogens is 2. The Hall–Kier alpha value is -1.17. The van der Waals surface area contributed by atoms with Gasteiger partial charge in [0, 0.05) is 4.47 Å². The zero-order chi connectivity index (χ0) is 14.0. The van der Waals surface area contributed by atoms with Crippen LogP contribution < -0.4 is 5.32 Å². The van der Waals surface area contributed by atoms with Crippen molar-refractivity contribution in [3.63, 3.8) is 0 Å². The monoisotopic (exact) mass is 359 g/mol. The molecule has 1 N–H and O–H groups in total. The van der Waals surface area contributed by atoms with Crippen molar-refractivity contribution in [3.05, 3.63) is 50.4 Å². The van der Waals surface area contributed by atoms with Crippen LogP contribution in [-0.2, 0) is 0 Å². The quantitative estimate of drug-likeness (QED) is 0.820. The zero-order valence-electron chi connectivity index (χ0n) is 9.75. The molecule has 4 nitrogen and oxygen atoms in total. The van der Waals surface area contributed by atoms with Crippen LogP contribution in [0.4, 0.5) is 5.69 Å². The second kappa shape index (κ2) is 5.86. The molecule has 0 atom stereocenters. The van der Waals surface area contributed by atoms with E-state index in [1.807, 2.05) is 13.0 Å². The van der Waals surface area contributed by atoms with Crippen LogP contribution in [0.1, 0.15) is 15.9 Å². The zero-order valence-corrected chi connectivity index (χ0v) is 12.8. The van der Waals surface area contributed by atoms with Crippen molar-refractivity contribution >= 4 is 50.7 Å². The number of nitrogens with zero attached hydrogens (tertiary/aromatic N) is 2. The van der Waals surface area contributed by atoms with Crippen LogP contribution in [-0.4, -0.2) is 15.9 Å². The van der Waals surface area contributed by atoms with E-state index in [0.717, 1.165) is 10.0 Å². The predicted octanol–water partition coefficient (Wildman–Crippen LogP) is 4.11. The van der Waals surface area contributed by atoms with E-state index in [1.165, 1.54) is 6.33 Å². The molecule has 19 heavy (non-hydrogen) atoms. The van der Waals surface area contributed by atoms with Crippen LogP contribution in [0.2, 0.25) is 10.3 Å². The molecule has 0 fully saturated rings. The first-order chi connectivity index (χ1) is 9.00. The molecule has 1 aromatic carbocycles. The van der Waals surface area contributed by atoms with Crippen LogP contribution >= 0.6 is 39.1 Å². The highest BCUT2D eigenvalue weighted by molar-refractivity contribution is 9.10. The average Bonchev–Trinajstić information content (AvgIpc) is 2.37. The van der Waals surface area contributed by atoms with E-state index in [4.69, 9.17) is 23.2 Å². The summed E-state index contributed by atoms with van der Waals surface area (Å²) in [4.78, 5) is 19.7. The first-order valence-corrected chi connectivity index (χ1v) is 6.78. The fourth-order valence-electron chi connectivity index (χ4n) is 1.45. The highest BCUT2D eigenvalue weighted by atomic mass is 79.9. The molecule has 1 amide bonds. The fourth-order valence-corrected chi connectivity index (χ4v) is 2.30. The summed E-state index contributed by atoms with van der Waals surface area (Å²) in [6.45, 7) is 1.90. The molecule has 1 aromatic heterocycles. The molecule has 2 rings (SSSR count). The highest BCUT2D eigenvalue weighted by Crippen LogP contribution is 2.28. The molecule has 2 aromatic rings. The molecular weight excluding hydrogens is 353 g/mol. The van der Waals surface area contributed by atoms with Gasteiger partial charge in [-0.05, 0) is 34.5 Å². The molecule has 0 radical (unpaired) electrons. The molecule has 0 aliphatic heterocycles. The largest absolute Gasteiger partial charge is 0.317 e. The first-order valence-electron chi connectivity index (χ1n) is 5.23. The number of aryl methyl sites for hydroxylation is 1. The normalized spacial score (nSPS) is 10.3. The number of anilines is 1. The first kappa shape index (κ1) is 14.2. The lowest BCUT2D eigenvalue weighted by molar-refractivity contribution is 0.102. The van der Waals surface area contributed by atoms with Crippen molar-refractivity contribution in [2.75, 3.05) is 5.32 Å². The summed E-state index contributed by atoms with van der Waals surface area (Å²) < 4.78 is 0.719. The molecule has 0 saturated heterocycles. The number of nitrogens with one attached hydrogen (secondary N) is 1. The van der Waals surface area contributed by atoms with Gasteiger partial charge >= 0.3 is 0 Å². The summed E-state index contributed by atoms with van der Waals surface area (Å²) in [5, 5.41) is 2.79. The Bertz CT molecular complexity index is 629. The second-order valence-corrected chi connectivity index (χ2v) is 5.23. The van der Waals surface area contributed by atoms with Gasteiger partial charge in [-0.15, -0.1) is 0 Å². The summed E-state index contributed by atoms with van der Waals surface area (Å²) in [6, 6.07) is 5.38. The molecule has 0 unspecified atom stereocenters. The van der Waals surface area contributed by atoms with Crippen LogP contribution in [0.5, 0.6) is 0 Å². The summed E-state index contributed by atoms with van der Waals surface area (Å²) >= 11 is 15.1. The maximum Gasteiger partial charge on any atom is 0.256 e. The Kier molecular flexibility index (Phi) is 4.39. The van der Waals surface area contributed by atoms with Crippen molar-refractivity contribution in [3.8, 4) is 0 Å². The van der Waals surface area contributed by atoms with Gasteiger partial charge in [-0.3, -0.25) is 4.79 Å². The topological polar surface area (TPSA) is 54.9 Å². The van der Waals surface area contributed by atoms with Gasteiger partial charge in [0.1, 0.15) is 12.0 Å². The van der Waals surface area contributed by atoms with Crippen molar-refractivity contribution in [1.29, 1.82) is 0 Å². The van der Waals surface area contributed by atoms with E-state index in [-0.39, 0.29) is 21.9 Å². The summed E-state index contributed by atoms with van der Waals surface area (Å²) in [5.74, 6) is -0.339. The van der Waals surface area contributed by atoms with E-state index in [0.29, 0.717) is 5.56 Å². The molecule has 0 bridgehead atoms. The van der Waals surface area contributed by atoms with Crippen LogP contribution in [0.15, 0.2) is 29.0 Å². The van der Waals surface area contributed by atoms with Crippen LogP contribution in [0, 0.1) is 6.92 Å². The number of halogens is 3. The number of rotatable bonds is 2. The summed E-state index contributed by atoms with van der Waals surface area (Å²) in [5.41, 5.74) is 1.63. The molecule has 0 aliphatic rings. The van der Waals surface area contributed by atoms with Gasteiger partial charge in [0.15, 0.2) is 10.3 Å². The van der Waals surface area contributed by atoms with E-state index < -0.39 is 0 Å². The van der Waals surface area contributed by atoms with Gasteiger partial charge in [-0.1, -0.05) is 35.3 Å². The Balaban J connectivity index is 2.34. The predicted molar refractivity (Wildman–Crippen MR) is 78.9 cm³/mol. The van der Waals surface area contributed by atoms with E-state index in [1.54, 1.807) is 12.1 Å². The van der Waals surface area contributed by atoms with Crippen molar-refractivity contribution in [1.82, 2.24) is 9.97 Å². The molecule has 7 heteroatoms. The maximum atomic E-state index is 12.2. The molecular formula is C12H8BrCl2N3O. The third-order valence-corrected chi connectivity index (χ3v) is 4.06. The molecule has 0 spiro atoms. The minimum Gasteiger partial charge on any atom is -0.317 e. The molecule has 1 heterocycles. The summed E-state index contributed by atoms with van der Waals surface area (Å²) in [6.07, 6.45) is 1.23. The van der Waals surface area contributed by atoms with E-state index in [2.05, 4.69) is 31.2 Å². The lowest BCUT2D eigenvalue weighted by Crippen LogP contribution is -2.14. The van der Waals surface area contributed by atoms with Gasteiger partial charge in [-0.2, -0.15) is 0 Å². The van der Waals surface area contributed by atoms with E-state index >= 15 is 0 Å². The second-order valence-electron chi connectivity index (χ2n) is 3.72. The SMILES string of the molecule is Cc1cccc(C(=O)Nc2c(Cl)ncnc2Cl)c1Br. The highest BCUT2D eigenvalue weighted by Gasteiger charge is 2.15. The van der Waals surface area contributed by atoms with Gasteiger partial charge in [0.2, 0.25) is 0 Å². The van der Waals surface area contributed by atoms with Crippen LogP contribution in [0.25, 0.3) is 0 Å². The van der Waals surface area contributed by atoms with E-state index in [9.17, 15) is 4.79 Å². The number of amides is 1. The third-order valence-electron chi connectivity index (χ3n) is 2.43. The van der Waals surface area contributed by atoms with Crippen molar-refractivity contribution in [2.24, 2.45) is 0 Å². The molecule has 0 aliphatic carbocycles. The fraction of sp³-hybridized carbons (Fsp3) is 0.0833. The Morgan fingerprint density at radius 2 is 1.89 bits per heavy atom. The molecule has 98 valence electrons. The smallest absolute Gasteiger partial charge is 0.256 e. The van der Waals surface area contributed by atoms with Crippen LogP contribution in [0.3, 0.4) is 0 Å². The Labute approximate surface area is 128 Å². The Morgan fingerprint density at radius 3 is 2.53 bits per heavy atom. The van der Waals surface area contributed by atoms with Crippen molar-refractivity contribution < 1.29 is 4.79 Å². The standard InChI is InChI=1S/C12H8BrCl2N3O/c1-6-3-2-4-7(8(6)13)12(19)18-9-10(14)16-5-17-11(9)15/h2-5H,1H3,(H,18,19). The van der Waals surface area contributed by atoms with Gasteiger partial charge in [0.25, 0.3) is 5.91 Å². The summed E-state index contributed by atoms with van der Waals surface area (Å²) in [7, 11) is 0. The Morgan fingerprint density at radius 1 is 1.26 bits per heavy atom. The number of carbonyl (C=O) groups is 1. The minimum atomic E-state index is -0.339.